The van der Waals surface area contributed by atoms with Crippen LogP contribution in [0.1, 0.15) is 166 Å². The normalized spacial score (nSPS) is 10.9. The molecule has 0 rings (SSSR count). The van der Waals surface area contributed by atoms with Gasteiger partial charge >= 0.3 is 45.4 Å². The van der Waals surface area contributed by atoms with Crippen LogP contribution in [0.2, 0.25) is 0 Å². The first-order valence-corrected chi connectivity index (χ1v) is 23.1. The fraction of sp³-hybridized carbons (Fsp3) is 1.00. The van der Waals surface area contributed by atoms with Crippen molar-refractivity contribution < 1.29 is 85.0 Å². The molecule has 12 nitrogen and oxygen atoms in total. The van der Waals surface area contributed by atoms with E-state index in [4.69, 9.17) is 49.4 Å². The van der Waals surface area contributed by atoms with E-state index < -0.39 is 45.4 Å². The summed E-state index contributed by atoms with van der Waals surface area (Å²) < 4.78 is 50.1. The van der Waals surface area contributed by atoms with Gasteiger partial charge in [-0.3, -0.25) is 0 Å². The van der Waals surface area contributed by atoms with E-state index in [1.807, 2.05) is 125 Å². The van der Waals surface area contributed by atoms with Gasteiger partial charge in [-0.05, 0) is 166 Å². The monoisotopic (exact) mass is 931 g/mol. The molecule has 16 heteroatoms. The van der Waals surface area contributed by atoms with E-state index in [0.29, 0.717) is 0 Å². The maximum Gasteiger partial charge on any atom is 0.906 e. The minimum Gasteiger partial charge on any atom is -0.452 e. The molecular weight excluding hydrogens is 844 g/mol. The van der Waals surface area contributed by atoms with Crippen LogP contribution in [-0.2, 0) is 34.1 Å². The maximum atomic E-state index is 8.06. The Bertz CT molecular complexity index is 495. The van der Waals surface area contributed by atoms with Crippen molar-refractivity contribution in [2.24, 2.45) is 0 Å². The van der Waals surface area contributed by atoms with Crippen molar-refractivity contribution in [3.63, 3.8) is 0 Å². The topological polar surface area (TPSA) is 144 Å². The zero-order valence-electron chi connectivity index (χ0n) is 38.3. The molecule has 0 amide bonds. The predicted octanol–water partition coefficient (Wildman–Crippen LogP) is 7.90. The SMILES string of the molecule is CC(C)O.CC(C)O.CC(C)O.CC(C)[O][Al]([O]C(C)C)[O]C(C)C.CC(C)[O][Al]([O]C(C)C)[O]C(C)C.CC(C)[O][Al]([O]C(C)C)[O]C(C)C.[La]. The summed E-state index contributed by atoms with van der Waals surface area (Å²) in [6, 6.07) is 0. The Morgan fingerprint density at radius 2 is 0.288 bits per heavy atom. The Hall–Kier alpha value is 2.31. The summed E-state index contributed by atoms with van der Waals surface area (Å²) in [4.78, 5) is 0. The quantitative estimate of drug-likeness (QED) is 0.115. The number of aliphatic hydroxyl groups excluding tert-OH is 3. The van der Waals surface area contributed by atoms with Crippen molar-refractivity contribution in [2.75, 3.05) is 0 Å². The summed E-state index contributed by atoms with van der Waals surface area (Å²) in [5.41, 5.74) is 0. The van der Waals surface area contributed by atoms with Crippen LogP contribution in [0.25, 0.3) is 0 Å². The molecule has 0 aromatic heterocycles. The van der Waals surface area contributed by atoms with E-state index in [-0.39, 0.29) is 109 Å². The van der Waals surface area contributed by atoms with Crippen molar-refractivity contribution in [3.05, 3.63) is 0 Å². The molecule has 0 atom stereocenters. The van der Waals surface area contributed by atoms with Crippen molar-refractivity contribution in [3.8, 4) is 0 Å². The molecule has 0 bridgehead atoms. The molecule has 315 valence electrons. The fourth-order valence-electron chi connectivity index (χ4n) is 2.29. The summed E-state index contributed by atoms with van der Waals surface area (Å²) in [5, 5.41) is 24.2. The molecule has 0 aliphatic rings. The van der Waals surface area contributed by atoms with E-state index in [0.717, 1.165) is 0 Å². The molecule has 0 saturated heterocycles. The van der Waals surface area contributed by atoms with E-state index in [2.05, 4.69) is 0 Å². The van der Waals surface area contributed by atoms with Gasteiger partial charge < -0.3 is 49.4 Å². The van der Waals surface area contributed by atoms with Crippen LogP contribution >= 0.6 is 0 Å². The first-order valence-electron chi connectivity index (χ1n) is 18.9. The molecular formula is C36H87Al3LaO12. The third-order valence-electron chi connectivity index (χ3n) is 3.45. The van der Waals surface area contributed by atoms with Crippen molar-refractivity contribution in [1.29, 1.82) is 0 Å². The Morgan fingerprint density at radius 1 is 0.231 bits per heavy atom. The summed E-state index contributed by atoms with van der Waals surface area (Å²) in [5.74, 6) is 0. The van der Waals surface area contributed by atoms with Crippen LogP contribution in [-0.4, -0.2) is 134 Å². The molecule has 0 aliphatic heterocycles. The second-order valence-corrected chi connectivity index (χ2v) is 19.0. The zero-order chi connectivity index (χ0) is 42.0. The van der Waals surface area contributed by atoms with E-state index >= 15 is 0 Å². The van der Waals surface area contributed by atoms with Gasteiger partial charge in [0.05, 0.1) is 0 Å². The minimum absolute atomic E-state index is 0. The van der Waals surface area contributed by atoms with Crippen LogP contribution < -0.4 is 0 Å². The van der Waals surface area contributed by atoms with Crippen LogP contribution in [0, 0.1) is 35.6 Å². The third-order valence-corrected chi connectivity index (χ3v) is 10.3. The van der Waals surface area contributed by atoms with Gasteiger partial charge in [-0.15, -0.1) is 0 Å². The van der Waals surface area contributed by atoms with Crippen LogP contribution in [0.4, 0.5) is 0 Å². The number of hydrogen-bond donors (Lipinski definition) is 3. The van der Waals surface area contributed by atoms with Crippen LogP contribution in [0.5, 0.6) is 0 Å². The van der Waals surface area contributed by atoms with Crippen molar-refractivity contribution >= 4 is 45.4 Å². The van der Waals surface area contributed by atoms with Gasteiger partial charge in [-0.25, -0.2) is 0 Å². The van der Waals surface area contributed by atoms with E-state index in [1.165, 1.54) is 0 Å². The zero-order valence-corrected chi connectivity index (χ0v) is 45.3. The Morgan fingerprint density at radius 3 is 0.327 bits per heavy atom. The molecule has 1 radical (unpaired) electrons. The molecule has 0 aliphatic carbocycles. The molecule has 0 spiro atoms. The molecule has 3 N–H and O–H groups in total. The van der Waals surface area contributed by atoms with Crippen molar-refractivity contribution in [2.45, 2.75) is 239 Å². The molecule has 0 heterocycles. The van der Waals surface area contributed by atoms with E-state index in [9.17, 15) is 0 Å². The first-order chi connectivity index (χ1) is 22.9. The fourth-order valence-corrected chi connectivity index (χ4v) is 6.87. The Balaban J connectivity index is -0.0000001000. The summed E-state index contributed by atoms with van der Waals surface area (Å²) >= 11 is -5.72. The van der Waals surface area contributed by atoms with Crippen molar-refractivity contribution in [1.82, 2.24) is 0 Å². The van der Waals surface area contributed by atoms with Gasteiger partial charge in [-0.1, -0.05) is 0 Å². The number of aliphatic hydroxyl groups is 3. The largest absolute Gasteiger partial charge is 0.906 e. The molecule has 0 aromatic carbocycles. The average Bonchev–Trinajstić information content (AvgIpc) is 2.79. The Labute approximate surface area is 366 Å². The van der Waals surface area contributed by atoms with Gasteiger partial charge in [0.2, 0.25) is 0 Å². The number of hydrogen-bond acceptors (Lipinski definition) is 12. The second kappa shape index (κ2) is 46.0. The number of rotatable bonds is 18. The van der Waals surface area contributed by atoms with Gasteiger partial charge in [0, 0.05) is 109 Å². The standard InChI is InChI=1S/3C3H8O.9C3H7O.3Al.La/c12*1-3(2)4;;;;/h3*3-4H,1-2H3;9*3H,1-2H3;;;;/q;;;9*-1;3*+3;. The van der Waals surface area contributed by atoms with Gasteiger partial charge in [0.15, 0.2) is 0 Å². The average molecular weight is 932 g/mol. The van der Waals surface area contributed by atoms with Gasteiger partial charge in [0.1, 0.15) is 0 Å². The predicted molar refractivity (Wildman–Crippen MR) is 215 cm³/mol. The summed E-state index contributed by atoms with van der Waals surface area (Å²) in [6.45, 7) is 46.2. The molecule has 52 heavy (non-hydrogen) atoms. The molecule has 0 aromatic rings. The maximum absolute atomic E-state index is 8.06. The van der Waals surface area contributed by atoms with Gasteiger partial charge in [0.25, 0.3) is 0 Å². The molecule has 0 saturated carbocycles. The summed E-state index contributed by atoms with van der Waals surface area (Å²) in [7, 11) is 0. The van der Waals surface area contributed by atoms with Gasteiger partial charge in [-0.2, -0.15) is 0 Å². The second-order valence-electron chi connectivity index (χ2n) is 14.8. The minimum atomic E-state index is -1.91. The Kier molecular flexibility index (Phi) is 61.0. The first kappa shape index (κ1) is 69.0. The molecule has 0 fully saturated rings. The van der Waals surface area contributed by atoms with Crippen LogP contribution in [0.3, 0.4) is 0 Å². The van der Waals surface area contributed by atoms with Crippen LogP contribution in [0.15, 0.2) is 0 Å². The summed E-state index contributed by atoms with van der Waals surface area (Å²) in [6.07, 6.45) is 1.08. The smallest absolute Gasteiger partial charge is 0.452 e. The molecule has 0 unspecified atom stereocenters. The van der Waals surface area contributed by atoms with E-state index in [1.54, 1.807) is 41.5 Å². The third kappa shape index (κ3) is 93.8.